The molecule has 2 bridgehead atoms. The number of hydrogen-bond donors (Lipinski definition) is 0. The summed E-state index contributed by atoms with van der Waals surface area (Å²) in [5, 5.41) is 0.647. The van der Waals surface area contributed by atoms with E-state index in [0.717, 1.165) is 16.7 Å². The SMILES string of the molecule is CN1C(=O)[C@]2(C)Cc3ccc(Cl)cc3[C@@]1(c1ccccc1)O2. The third-order valence-corrected chi connectivity index (χ3v) is 4.97. The van der Waals surface area contributed by atoms with Crippen molar-refractivity contribution in [1.82, 2.24) is 4.90 Å². The summed E-state index contributed by atoms with van der Waals surface area (Å²) < 4.78 is 6.38. The van der Waals surface area contributed by atoms with E-state index in [1.165, 1.54) is 0 Å². The van der Waals surface area contributed by atoms with Gasteiger partial charge in [0.2, 0.25) is 0 Å². The number of ether oxygens (including phenoxy) is 1. The van der Waals surface area contributed by atoms with Gasteiger partial charge in [-0.3, -0.25) is 4.79 Å². The van der Waals surface area contributed by atoms with E-state index in [-0.39, 0.29) is 5.91 Å². The maximum Gasteiger partial charge on any atom is 0.257 e. The molecule has 2 aromatic rings. The molecule has 1 fully saturated rings. The molecule has 22 heavy (non-hydrogen) atoms. The van der Waals surface area contributed by atoms with Gasteiger partial charge in [0.15, 0.2) is 11.3 Å². The fourth-order valence-electron chi connectivity index (χ4n) is 3.74. The second-order valence-electron chi connectivity index (χ2n) is 6.19. The summed E-state index contributed by atoms with van der Waals surface area (Å²) in [7, 11) is 1.80. The predicted molar refractivity (Wildman–Crippen MR) is 84.6 cm³/mol. The lowest BCUT2D eigenvalue weighted by Crippen LogP contribution is -2.44. The van der Waals surface area contributed by atoms with Crippen molar-refractivity contribution in [3.8, 4) is 0 Å². The average molecular weight is 314 g/mol. The minimum Gasteiger partial charge on any atom is -0.331 e. The molecular formula is C18H16ClNO2. The molecule has 0 unspecified atom stereocenters. The minimum atomic E-state index is -0.897. The highest BCUT2D eigenvalue weighted by Crippen LogP contribution is 2.52. The van der Waals surface area contributed by atoms with Gasteiger partial charge in [-0.15, -0.1) is 0 Å². The number of carbonyl (C=O) groups is 1. The molecule has 112 valence electrons. The standard InChI is InChI=1S/C18H16ClNO2/c1-17-11-12-8-9-14(19)10-15(12)18(22-17,20(2)16(17)21)13-6-4-3-5-7-13/h3-10H,11H2,1-2H3/t17-,18+/m0/s1. The summed E-state index contributed by atoms with van der Waals surface area (Å²) >= 11 is 6.22. The zero-order chi connectivity index (χ0) is 15.5. The molecule has 0 N–H and O–H groups in total. The predicted octanol–water partition coefficient (Wildman–Crippen LogP) is 3.34. The number of carbonyl (C=O) groups excluding carboxylic acids is 1. The van der Waals surface area contributed by atoms with Crippen molar-refractivity contribution in [2.24, 2.45) is 0 Å². The number of likely N-dealkylation sites (N-methyl/N-ethyl adjacent to an activating group) is 1. The molecule has 3 nitrogen and oxygen atoms in total. The summed E-state index contributed by atoms with van der Waals surface area (Å²) in [6.07, 6.45) is 0.567. The first-order valence-electron chi connectivity index (χ1n) is 7.30. The molecular weight excluding hydrogens is 298 g/mol. The van der Waals surface area contributed by atoms with Crippen molar-refractivity contribution in [3.05, 3.63) is 70.2 Å². The van der Waals surface area contributed by atoms with Gasteiger partial charge >= 0.3 is 0 Å². The first-order chi connectivity index (χ1) is 10.5. The largest absolute Gasteiger partial charge is 0.331 e. The lowest BCUT2D eigenvalue weighted by atomic mass is 9.84. The van der Waals surface area contributed by atoms with Crippen molar-refractivity contribution < 1.29 is 9.53 Å². The highest BCUT2D eigenvalue weighted by atomic mass is 35.5. The first-order valence-corrected chi connectivity index (χ1v) is 7.68. The van der Waals surface area contributed by atoms with E-state index >= 15 is 0 Å². The summed E-state index contributed by atoms with van der Waals surface area (Å²) in [4.78, 5) is 14.5. The smallest absolute Gasteiger partial charge is 0.257 e. The minimum absolute atomic E-state index is 0.00340. The molecule has 0 spiro atoms. The Bertz CT molecular complexity index is 776. The number of halogens is 1. The molecule has 4 rings (SSSR count). The van der Waals surface area contributed by atoms with E-state index in [1.807, 2.05) is 55.5 Å². The van der Waals surface area contributed by atoms with Crippen LogP contribution in [0.5, 0.6) is 0 Å². The Hall–Kier alpha value is -1.84. The van der Waals surface area contributed by atoms with Crippen LogP contribution in [0.1, 0.15) is 23.6 Å². The van der Waals surface area contributed by atoms with E-state index in [4.69, 9.17) is 16.3 Å². The second kappa shape index (κ2) is 4.34. The molecule has 2 aliphatic heterocycles. The number of benzene rings is 2. The van der Waals surface area contributed by atoms with Gasteiger partial charge in [0.1, 0.15) is 0 Å². The van der Waals surface area contributed by atoms with Crippen molar-refractivity contribution in [1.29, 1.82) is 0 Å². The van der Waals surface area contributed by atoms with Gasteiger partial charge in [-0.05, 0) is 24.6 Å². The Kier molecular flexibility index (Phi) is 2.72. The van der Waals surface area contributed by atoms with Gasteiger partial charge in [-0.25, -0.2) is 0 Å². The normalized spacial score (nSPS) is 29.6. The molecule has 0 aromatic heterocycles. The van der Waals surface area contributed by atoms with Gasteiger partial charge in [-0.2, -0.15) is 0 Å². The Morgan fingerprint density at radius 1 is 1.18 bits per heavy atom. The average Bonchev–Trinajstić information content (AvgIpc) is 2.69. The molecule has 0 saturated carbocycles. The zero-order valence-electron chi connectivity index (χ0n) is 12.5. The molecule has 1 amide bonds. The van der Waals surface area contributed by atoms with E-state index < -0.39 is 11.3 Å². The van der Waals surface area contributed by atoms with E-state index in [2.05, 4.69) is 0 Å². The van der Waals surface area contributed by atoms with Crippen LogP contribution in [0.3, 0.4) is 0 Å². The number of hydrogen-bond acceptors (Lipinski definition) is 2. The molecule has 2 aliphatic rings. The monoisotopic (exact) mass is 313 g/mol. The Morgan fingerprint density at radius 3 is 2.64 bits per heavy atom. The van der Waals surface area contributed by atoms with E-state index in [0.29, 0.717) is 11.4 Å². The Balaban J connectivity index is 2.06. The number of amides is 1. The molecule has 2 atom stereocenters. The number of rotatable bonds is 1. The maximum absolute atomic E-state index is 12.8. The van der Waals surface area contributed by atoms with Crippen LogP contribution in [0, 0.1) is 0 Å². The second-order valence-corrected chi connectivity index (χ2v) is 6.62. The van der Waals surface area contributed by atoms with Crippen LogP contribution in [0.15, 0.2) is 48.5 Å². The zero-order valence-corrected chi connectivity index (χ0v) is 13.2. The van der Waals surface area contributed by atoms with Gasteiger partial charge in [0, 0.05) is 29.6 Å². The molecule has 2 aromatic carbocycles. The molecule has 2 heterocycles. The summed E-state index contributed by atoms with van der Waals surface area (Å²) in [6.45, 7) is 1.87. The van der Waals surface area contributed by atoms with Gasteiger partial charge in [0.25, 0.3) is 5.91 Å². The Labute approximate surface area is 134 Å². The quantitative estimate of drug-likeness (QED) is 0.808. The van der Waals surface area contributed by atoms with Crippen molar-refractivity contribution >= 4 is 17.5 Å². The van der Waals surface area contributed by atoms with Crippen LogP contribution in [0.2, 0.25) is 5.02 Å². The van der Waals surface area contributed by atoms with Gasteiger partial charge in [-0.1, -0.05) is 48.0 Å². The van der Waals surface area contributed by atoms with E-state index in [1.54, 1.807) is 11.9 Å². The maximum atomic E-state index is 12.8. The van der Waals surface area contributed by atoms with Crippen molar-refractivity contribution in [2.45, 2.75) is 24.7 Å². The third kappa shape index (κ3) is 1.58. The van der Waals surface area contributed by atoms with Crippen LogP contribution in [-0.2, 0) is 21.7 Å². The molecule has 0 aliphatic carbocycles. The molecule has 1 saturated heterocycles. The highest BCUT2D eigenvalue weighted by Gasteiger charge is 2.62. The number of fused-ring (bicyclic) bond motifs is 4. The van der Waals surface area contributed by atoms with Crippen LogP contribution >= 0.6 is 11.6 Å². The third-order valence-electron chi connectivity index (χ3n) is 4.73. The fourth-order valence-corrected chi connectivity index (χ4v) is 3.91. The van der Waals surface area contributed by atoms with Crippen LogP contribution in [0.25, 0.3) is 0 Å². The summed E-state index contributed by atoms with van der Waals surface area (Å²) in [6, 6.07) is 15.6. The summed E-state index contributed by atoms with van der Waals surface area (Å²) in [5.74, 6) is 0.00340. The van der Waals surface area contributed by atoms with Crippen LogP contribution in [-0.4, -0.2) is 23.5 Å². The van der Waals surface area contributed by atoms with Gasteiger partial charge in [0.05, 0.1) is 0 Å². The van der Waals surface area contributed by atoms with Crippen molar-refractivity contribution in [2.75, 3.05) is 7.05 Å². The van der Waals surface area contributed by atoms with Gasteiger partial charge < -0.3 is 9.64 Å². The van der Waals surface area contributed by atoms with Crippen LogP contribution in [0.4, 0.5) is 0 Å². The topological polar surface area (TPSA) is 29.5 Å². The van der Waals surface area contributed by atoms with E-state index in [9.17, 15) is 4.79 Å². The first kappa shape index (κ1) is 13.8. The lowest BCUT2D eigenvalue weighted by molar-refractivity contribution is -0.137. The molecule has 0 radical (unpaired) electrons. The Morgan fingerprint density at radius 2 is 1.91 bits per heavy atom. The summed E-state index contributed by atoms with van der Waals surface area (Å²) in [5.41, 5.74) is 1.28. The fraction of sp³-hybridized carbons (Fsp3) is 0.278. The highest BCUT2D eigenvalue weighted by molar-refractivity contribution is 6.30. The number of nitrogens with zero attached hydrogens (tertiary/aromatic N) is 1. The van der Waals surface area contributed by atoms with Crippen LogP contribution < -0.4 is 0 Å². The molecule has 4 heteroatoms. The lowest BCUT2D eigenvalue weighted by Gasteiger charge is -2.40. The van der Waals surface area contributed by atoms with Crippen molar-refractivity contribution in [3.63, 3.8) is 0 Å².